The summed E-state index contributed by atoms with van der Waals surface area (Å²) in [5.74, 6) is 1.01. The van der Waals surface area contributed by atoms with E-state index in [1.807, 2.05) is 12.1 Å². The number of ether oxygens (including phenoxy) is 1. The molecule has 0 amide bonds. The van der Waals surface area contributed by atoms with Crippen LogP contribution in [0.2, 0.25) is 0 Å². The number of morpholine rings is 1. The second-order valence-electron chi connectivity index (χ2n) is 4.28. The molecule has 0 aliphatic carbocycles. The second-order valence-corrected chi connectivity index (χ2v) is 5.19. The lowest BCUT2D eigenvalue weighted by molar-refractivity contribution is 0.0765. The van der Waals surface area contributed by atoms with Crippen LogP contribution in [0, 0.1) is 0 Å². The summed E-state index contributed by atoms with van der Waals surface area (Å²) in [5, 5.41) is 3.43. The van der Waals surface area contributed by atoms with Crippen molar-refractivity contribution in [3.63, 3.8) is 0 Å². The predicted octanol–water partition coefficient (Wildman–Crippen LogP) is 1.86. The highest BCUT2D eigenvalue weighted by Gasteiger charge is 2.15. The lowest BCUT2D eigenvalue weighted by atomic mass is 10.2. The van der Waals surface area contributed by atoms with E-state index in [4.69, 9.17) is 4.74 Å². The second kappa shape index (κ2) is 4.76. The minimum Gasteiger partial charge on any atom is -0.379 e. The number of rotatable bonds is 2. The molecule has 1 fully saturated rings. The van der Waals surface area contributed by atoms with E-state index < -0.39 is 0 Å². The lowest BCUT2D eigenvalue weighted by Gasteiger charge is -2.22. The SMILES string of the molecule is Brc1ccc2nc(CC3COCCN3)[nH]c2c1. The Bertz CT molecular complexity index is 519. The molecule has 1 aromatic heterocycles. The van der Waals surface area contributed by atoms with Crippen molar-refractivity contribution < 1.29 is 4.74 Å². The summed E-state index contributed by atoms with van der Waals surface area (Å²) < 4.78 is 6.50. The van der Waals surface area contributed by atoms with Crippen LogP contribution >= 0.6 is 15.9 Å². The molecule has 90 valence electrons. The van der Waals surface area contributed by atoms with Gasteiger partial charge in [0.1, 0.15) is 5.82 Å². The molecule has 2 N–H and O–H groups in total. The summed E-state index contributed by atoms with van der Waals surface area (Å²) in [6.07, 6.45) is 0.881. The van der Waals surface area contributed by atoms with E-state index in [0.29, 0.717) is 6.04 Å². The van der Waals surface area contributed by atoms with Gasteiger partial charge in [0.2, 0.25) is 0 Å². The molecule has 5 heteroatoms. The Kier molecular flexibility index (Phi) is 3.13. The van der Waals surface area contributed by atoms with Crippen LogP contribution in [0.1, 0.15) is 5.82 Å². The van der Waals surface area contributed by atoms with Gasteiger partial charge in [0.05, 0.1) is 24.2 Å². The van der Waals surface area contributed by atoms with Crippen LogP contribution in [0.5, 0.6) is 0 Å². The highest BCUT2D eigenvalue weighted by atomic mass is 79.9. The van der Waals surface area contributed by atoms with Gasteiger partial charge in [-0.2, -0.15) is 0 Å². The highest BCUT2D eigenvalue weighted by molar-refractivity contribution is 9.10. The number of nitrogens with one attached hydrogen (secondary N) is 2. The predicted molar refractivity (Wildman–Crippen MR) is 70.1 cm³/mol. The first-order chi connectivity index (χ1) is 8.31. The van der Waals surface area contributed by atoms with Gasteiger partial charge in [0.15, 0.2) is 0 Å². The summed E-state index contributed by atoms with van der Waals surface area (Å²) in [5.41, 5.74) is 2.09. The molecule has 2 heterocycles. The number of aromatic nitrogens is 2. The molecular weight excluding hydrogens is 282 g/mol. The van der Waals surface area contributed by atoms with Crippen LogP contribution in [0.15, 0.2) is 22.7 Å². The average Bonchev–Trinajstić information content (AvgIpc) is 2.71. The number of fused-ring (bicyclic) bond motifs is 1. The Morgan fingerprint density at radius 1 is 1.47 bits per heavy atom. The van der Waals surface area contributed by atoms with Crippen molar-refractivity contribution in [1.29, 1.82) is 0 Å². The molecule has 0 spiro atoms. The number of imidazole rings is 1. The first-order valence-corrected chi connectivity index (χ1v) is 6.56. The van der Waals surface area contributed by atoms with Gasteiger partial charge in [-0.3, -0.25) is 0 Å². The van der Waals surface area contributed by atoms with E-state index >= 15 is 0 Å². The monoisotopic (exact) mass is 295 g/mol. The van der Waals surface area contributed by atoms with Crippen LogP contribution < -0.4 is 5.32 Å². The van der Waals surface area contributed by atoms with Crippen LogP contribution in [0.3, 0.4) is 0 Å². The fourth-order valence-corrected chi connectivity index (χ4v) is 2.48. The molecule has 1 saturated heterocycles. The minimum atomic E-state index is 0.368. The summed E-state index contributed by atoms with van der Waals surface area (Å²) in [4.78, 5) is 7.92. The first-order valence-electron chi connectivity index (χ1n) is 5.76. The Morgan fingerprint density at radius 3 is 3.24 bits per heavy atom. The largest absolute Gasteiger partial charge is 0.379 e. The van der Waals surface area contributed by atoms with Crippen molar-refractivity contribution in [3.8, 4) is 0 Å². The van der Waals surface area contributed by atoms with E-state index in [-0.39, 0.29) is 0 Å². The van der Waals surface area contributed by atoms with Gasteiger partial charge >= 0.3 is 0 Å². The highest BCUT2D eigenvalue weighted by Crippen LogP contribution is 2.18. The molecule has 0 bridgehead atoms. The fraction of sp³-hybridized carbons (Fsp3) is 0.417. The smallest absolute Gasteiger partial charge is 0.108 e. The van der Waals surface area contributed by atoms with Crippen LogP contribution in [-0.2, 0) is 11.2 Å². The first kappa shape index (κ1) is 11.2. The molecule has 3 rings (SSSR count). The molecular formula is C12H14BrN3O. The molecule has 0 radical (unpaired) electrons. The maximum atomic E-state index is 5.44. The van der Waals surface area contributed by atoms with Crippen molar-refractivity contribution in [3.05, 3.63) is 28.5 Å². The van der Waals surface area contributed by atoms with E-state index in [1.165, 1.54) is 0 Å². The third-order valence-corrected chi connectivity index (χ3v) is 3.42. The van der Waals surface area contributed by atoms with Crippen molar-refractivity contribution in [1.82, 2.24) is 15.3 Å². The number of hydrogen-bond donors (Lipinski definition) is 2. The van der Waals surface area contributed by atoms with E-state index in [1.54, 1.807) is 0 Å². The van der Waals surface area contributed by atoms with E-state index in [2.05, 4.69) is 37.3 Å². The van der Waals surface area contributed by atoms with Gasteiger partial charge in [-0.05, 0) is 18.2 Å². The molecule has 1 aliphatic heterocycles. The number of hydrogen-bond acceptors (Lipinski definition) is 3. The van der Waals surface area contributed by atoms with Crippen molar-refractivity contribution in [2.75, 3.05) is 19.8 Å². The van der Waals surface area contributed by atoms with Gasteiger partial charge in [-0.25, -0.2) is 4.98 Å². The Balaban J connectivity index is 1.80. The molecule has 0 saturated carbocycles. The quantitative estimate of drug-likeness (QED) is 0.889. The third-order valence-electron chi connectivity index (χ3n) is 2.93. The van der Waals surface area contributed by atoms with Crippen LogP contribution in [0.25, 0.3) is 11.0 Å². The molecule has 1 unspecified atom stereocenters. The zero-order valence-corrected chi connectivity index (χ0v) is 11.0. The molecule has 17 heavy (non-hydrogen) atoms. The van der Waals surface area contributed by atoms with Gasteiger partial charge < -0.3 is 15.0 Å². The number of nitrogens with zero attached hydrogens (tertiary/aromatic N) is 1. The Labute approximate surface area is 108 Å². The summed E-state index contributed by atoms with van der Waals surface area (Å²) in [7, 11) is 0. The summed E-state index contributed by atoms with van der Waals surface area (Å²) >= 11 is 3.46. The lowest BCUT2D eigenvalue weighted by Crippen LogP contribution is -2.42. The zero-order chi connectivity index (χ0) is 11.7. The van der Waals surface area contributed by atoms with Crippen LogP contribution in [-0.4, -0.2) is 35.8 Å². The molecule has 1 aromatic carbocycles. The minimum absolute atomic E-state index is 0.368. The maximum absolute atomic E-state index is 5.44. The number of aromatic amines is 1. The molecule has 1 aliphatic rings. The number of H-pyrrole nitrogens is 1. The Hall–Kier alpha value is -0.910. The van der Waals surface area contributed by atoms with Crippen molar-refractivity contribution >= 4 is 27.0 Å². The Morgan fingerprint density at radius 2 is 2.41 bits per heavy atom. The summed E-state index contributed by atoms with van der Waals surface area (Å²) in [6, 6.07) is 6.45. The molecule has 2 aromatic rings. The van der Waals surface area contributed by atoms with Gasteiger partial charge in [0, 0.05) is 23.5 Å². The van der Waals surface area contributed by atoms with Crippen molar-refractivity contribution in [2.45, 2.75) is 12.5 Å². The molecule has 1 atom stereocenters. The fourth-order valence-electron chi connectivity index (χ4n) is 2.12. The van der Waals surface area contributed by atoms with Crippen molar-refractivity contribution in [2.24, 2.45) is 0 Å². The third kappa shape index (κ3) is 2.51. The molecule has 4 nitrogen and oxygen atoms in total. The zero-order valence-electron chi connectivity index (χ0n) is 9.37. The topological polar surface area (TPSA) is 49.9 Å². The number of benzene rings is 1. The summed E-state index contributed by atoms with van der Waals surface area (Å²) in [6.45, 7) is 2.50. The maximum Gasteiger partial charge on any atom is 0.108 e. The normalized spacial score (nSPS) is 20.9. The van der Waals surface area contributed by atoms with Gasteiger partial charge in [-0.1, -0.05) is 15.9 Å². The average molecular weight is 296 g/mol. The van der Waals surface area contributed by atoms with E-state index in [9.17, 15) is 0 Å². The van der Waals surface area contributed by atoms with Gasteiger partial charge in [0.25, 0.3) is 0 Å². The van der Waals surface area contributed by atoms with Crippen LogP contribution in [0.4, 0.5) is 0 Å². The standard InChI is InChI=1S/C12H14BrN3O/c13-8-1-2-10-11(5-8)16-12(15-10)6-9-7-17-4-3-14-9/h1-2,5,9,14H,3-4,6-7H2,(H,15,16). The van der Waals surface area contributed by atoms with E-state index in [0.717, 1.165) is 47.5 Å². The number of halogens is 1. The van der Waals surface area contributed by atoms with Gasteiger partial charge in [-0.15, -0.1) is 0 Å².